The zero-order valence-corrected chi connectivity index (χ0v) is 18.7. The molecule has 2 amide bonds. The normalized spacial score (nSPS) is 12.6. The average Bonchev–Trinajstić information content (AvgIpc) is 3.30. The minimum absolute atomic E-state index is 0.0459. The highest BCUT2D eigenvalue weighted by molar-refractivity contribution is 5.98. The Labute approximate surface area is 197 Å². The van der Waals surface area contributed by atoms with E-state index in [1.165, 1.54) is 0 Å². The topological polar surface area (TPSA) is 96.1 Å². The lowest BCUT2D eigenvalue weighted by Gasteiger charge is -2.11. The first-order chi connectivity index (χ1) is 16.6. The van der Waals surface area contributed by atoms with Gasteiger partial charge < -0.3 is 20.4 Å². The Balaban J connectivity index is 1.34. The number of hydrogen-bond acceptors (Lipinski definition) is 4. The number of H-pyrrole nitrogens is 1. The lowest BCUT2D eigenvalue weighted by Crippen LogP contribution is -2.31. The maximum Gasteiger partial charge on any atom is 0.253 e. The Bertz CT molecular complexity index is 1380. The van der Waals surface area contributed by atoms with Gasteiger partial charge in [-0.1, -0.05) is 24.3 Å². The summed E-state index contributed by atoms with van der Waals surface area (Å²) >= 11 is 0. The summed E-state index contributed by atoms with van der Waals surface area (Å²) in [5.74, 6) is 0.569. The van der Waals surface area contributed by atoms with Gasteiger partial charge >= 0.3 is 0 Å². The number of carbonyl (C=O) groups is 2. The van der Waals surface area contributed by atoms with Gasteiger partial charge in [0.15, 0.2) is 0 Å². The summed E-state index contributed by atoms with van der Waals surface area (Å²) < 4.78 is 5.23. The van der Waals surface area contributed by atoms with Crippen LogP contribution in [0.2, 0.25) is 0 Å². The van der Waals surface area contributed by atoms with E-state index >= 15 is 0 Å². The van der Waals surface area contributed by atoms with Gasteiger partial charge in [0.25, 0.3) is 5.91 Å². The molecule has 1 aliphatic heterocycles. The molecule has 0 unspecified atom stereocenters. The molecule has 0 spiro atoms. The number of anilines is 1. The maximum atomic E-state index is 12.6. The highest BCUT2D eigenvalue weighted by Crippen LogP contribution is 2.28. The lowest BCUT2D eigenvalue weighted by atomic mass is 10.1. The highest BCUT2D eigenvalue weighted by atomic mass is 16.5. The van der Waals surface area contributed by atoms with Crippen molar-refractivity contribution in [3.63, 3.8) is 0 Å². The Morgan fingerprint density at radius 2 is 1.94 bits per heavy atom. The van der Waals surface area contributed by atoms with Gasteiger partial charge in [-0.25, -0.2) is 0 Å². The second-order valence-electron chi connectivity index (χ2n) is 8.17. The van der Waals surface area contributed by atoms with Crippen molar-refractivity contribution in [2.45, 2.75) is 12.8 Å². The summed E-state index contributed by atoms with van der Waals surface area (Å²) in [6.07, 6.45) is 2.79. The molecule has 0 fully saturated rings. The minimum Gasteiger partial charge on any atom is -0.497 e. The molecule has 3 heterocycles. The monoisotopic (exact) mass is 452 g/mol. The zero-order chi connectivity index (χ0) is 23.5. The van der Waals surface area contributed by atoms with Gasteiger partial charge in [0.1, 0.15) is 5.75 Å². The second kappa shape index (κ2) is 9.23. The van der Waals surface area contributed by atoms with Crippen molar-refractivity contribution in [1.29, 1.82) is 0 Å². The summed E-state index contributed by atoms with van der Waals surface area (Å²) in [5.41, 5.74) is 6.72. The van der Waals surface area contributed by atoms with E-state index in [4.69, 9.17) is 4.74 Å². The fourth-order valence-corrected chi connectivity index (χ4v) is 4.13. The van der Waals surface area contributed by atoms with Gasteiger partial charge in [-0.2, -0.15) is 0 Å². The van der Waals surface area contributed by atoms with Crippen LogP contribution in [0.15, 0.2) is 72.9 Å². The lowest BCUT2D eigenvalue weighted by molar-refractivity contribution is -0.115. The molecule has 0 saturated carbocycles. The van der Waals surface area contributed by atoms with Crippen LogP contribution >= 0.6 is 0 Å². The molecule has 0 aliphatic carbocycles. The summed E-state index contributed by atoms with van der Waals surface area (Å²) in [6.45, 7) is 0.643. The molecule has 7 nitrogen and oxygen atoms in total. The number of fused-ring (bicyclic) bond motifs is 1. The molecule has 170 valence electrons. The van der Waals surface area contributed by atoms with Crippen LogP contribution in [0, 0.1) is 0 Å². The number of nitrogens with zero attached hydrogens (tertiary/aromatic N) is 1. The predicted molar refractivity (Wildman–Crippen MR) is 131 cm³/mol. The minimum atomic E-state index is -0.109. The van der Waals surface area contributed by atoms with E-state index in [1.54, 1.807) is 13.3 Å². The van der Waals surface area contributed by atoms with E-state index < -0.39 is 0 Å². The average molecular weight is 453 g/mol. The van der Waals surface area contributed by atoms with Crippen molar-refractivity contribution in [2.75, 3.05) is 19.0 Å². The van der Waals surface area contributed by atoms with Crippen LogP contribution < -0.4 is 15.4 Å². The van der Waals surface area contributed by atoms with Crippen LogP contribution in [0.4, 0.5) is 5.69 Å². The van der Waals surface area contributed by atoms with Crippen molar-refractivity contribution in [2.24, 2.45) is 0 Å². The van der Waals surface area contributed by atoms with Crippen molar-refractivity contribution in [3.05, 3.63) is 89.7 Å². The number of methoxy groups -OCH3 is 1. The van der Waals surface area contributed by atoms with Crippen LogP contribution in [0.25, 0.3) is 22.5 Å². The first-order valence-electron chi connectivity index (χ1n) is 11.1. The number of amides is 2. The van der Waals surface area contributed by atoms with E-state index in [1.807, 2.05) is 66.7 Å². The molecule has 7 heteroatoms. The summed E-state index contributed by atoms with van der Waals surface area (Å²) in [6, 6.07) is 20.9. The van der Waals surface area contributed by atoms with Crippen LogP contribution in [0.1, 0.15) is 21.6 Å². The molecule has 0 atom stereocenters. The van der Waals surface area contributed by atoms with Gasteiger partial charge in [0.2, 0.25) is 5.91 Å². The zero-order valence-electron chi connectivity index (χ0n) is 18.7. The standard InChI is InChI=1S/C27H24N4O3/c1-34-21-7-2-4-17(12-21)13-26(32)30-20-6-3-5-18(14-20)24-15-19(8-10-28-24)25-16-22-23(31-25)9-11-29-27(22)33/h2-8,10,12,14-16,31H,9,11,13H2,1H3,(H,29,33)(H,30,32). The number of nitrogens with one attached hydrogen (secondary N) is 3. The van der Waals surface area contributed by atoms with E-state index in [0.29, 0.717) is 17.8 Å². The maximum absolute atomic E-state index is 12.6. The Morgan fingerprint density at radius 3 is 2.79 bits per heavy atom. The molecule has 5 rings (SSSR count). The number of aromatic amines is 1. The number of carbonyl (C=O) groups excluding carboxylic acids is 2. The molecule has 1 aliphatic rings. The van der Waals surface area contributed by atoms with Crippen molar-refractivity contribution in [3.8, 4) is 28.3 Å². The molecule has 3 N–H and O–H groups in total. The van der Waals surface area contributed by atoms with Gasteiger partial charge in [0.05, 0.1) is 24.8 Å². The molecule has 0 saturated heterocycles. The van der Waals surface area contributed by atoms with Crippen molar-refractivity contribution < 1.29 is 14.3 Å². The highest BCUT2D eigenvalue weighted by Gasteiger charge is 2.20. The second-order valence-corrected chi connectivity index (χ2v) is 8.17. The molecule has 4 aromatic rings. The Kier molecular flexibility index (Phi) is 5.82. The molecular weight excluding hydrogens is 428 g/mol. The van der Waals surface area contributed by atoms with Crippen molar-refractivity contribution >= 4 is 17.5 Å². The third kappa shape index (κ3) is 4.54. The van der Waals surface area contributed by atoms with E-state index in [2.05, 4.69) is 20.6 Å². The van der Waals surface area contributed by atoms with E-state index in [0.717, 1.165) is 45.9 Å². The summed E-state index contributed by atoms with van der Waals surface area (Å²) in [5, 5.41) is 5.83. The van der Waals surface area contributed by atoms with Crippen LogP contribution in [0.5, 0.6) is 5.75 Å². The molecule has 2 aromatic heterocycles. The number of benzene rings is 2. The van der Waals surface area contributed by atoms with E-state index in [9.17, 15) is 9.59 Å². The molecule has 34 heavy (non-hydrogen) atoms. The molecular formula is C27H24N4O3. The summed E-state index contributed by atoms with van der Waals surface area (Å²) in [4.78, 5) is 32.6. The molecule has 0 bridgehead atoms. The number of aromatic nitrogens is 2. The SMILES string of the molecule is COc1cccc(CC(=O)Nc2cccc(-c3cc(-c4cc5c([nH]4)CCNC5=O)ccn3)c2)c1. The van der Waals surface area contributed by atoms with Crippen molar-refractivity contribution in [1.82, 2.24) is 15.3 Å². The van der Waals surface area contributed by atoms with Gasteiger partial charge in [0, 0.05) is 47.4 Å². The largest absolute Gasteiger partial charge is 0.497 e. The van der Waals surface area contributed by atoms with Crippen LogP contribution in [0.3, 0.4) is 0 Å². The van der Waals surface area contributed by atoms with Gasteiger partial charge in [-0.15, -0.1) is 0 Å². The quantitative estimate of drug-likeness (QED) is 0.408. The molecule has 2 aromatic carbocycles. The van der Waals surface area contributed by atoms with Crippen LogP contribution in [-0.2, 0) is 17.6 Å². The Morgan fingerprint density at radius 1 is 1.06 bits per heavy atom. The third-order valence-corrected chi connectivity index (χ3v) is 5.82. The Hall–Kier alpha value is -4.39. The first kappa shape index (κ1) is 21.5. The smallest absolute Gasteiger partial charge is 0.253 e. The number of ether oxygens (including phenoxy) is 1. The summed E-state index contributed by atoms with van der Waals surface area (Å²) in [7, 11) is 1.61. The number of pyridine rings is 1. The third-order valence-electron chi connectivity index (χ3n) is 5.82. The molecule has 0 radical (unpaired) electrons. The number of rotatable bonds is 6. The fraction of sp³-hybridized carbons (Fsp3) is 0.148. The number of hydrogen-bond donors (Lipinski definition) is 3. The van der Waals surface area contributed by atoms with E-state index in [-0.39, 0.29) is 18.2 Å². The first-order valence-corrected chi connectivity index (χ1v) is 11.1. The van der Waals surface area contributed by atoms with Gasteiger partial charge in [-0.05, 0) is 48.0 Å². The fourth-order valence-electron chi connectivity index (χ4n) is 4.13. The van der Waals surface area contributed by atoms with Gasteiger partial charge in [-0.3, -0.25) is 14.6 Å². The van der Waals surface area contributed by atoms with Crippen LogP contribution in [-0.4, -0.2) is 35.4 Å². The predicted octanol–water partition coefficient (Wildman–Crippen LogP) is 4.22.